The number of primary amides is 1. The van der Waals surface area contributed by atoms with Gasteiger partial charge in [0.05, 0.1) is 24.0 Å². The fourth-order valence-electron chi connectivity index (χ4n) is 2.99. The quantitative estimate of drug-likeness (QED) is 0.452. The molecule has 0 aromatic heterocycles. The van der Waals surface area contributed by atoms with E-state index in [9.17, 15) is 9.59 Å². The van der Waals surface area contributed by atoms with E-state index >= 15 is 0 Å². The standard InChI is InChI=1S/C22H21N3O3/c1-28-22(27)18-7-4-8-19(23)20(18)25-13-14-9-11-15(12-10-14)16-5-2-3-6-17(16)21(24)26/h2-12,25H,13,23H2,1H3,(H2,24,26). The first-order valence-corrected chi connectivity index (χ1v) is 8.70. The molecule has 0 aliphatic heterocycles. The Balaban J connectivity index is 1.80. The molecular weight excluding hydrogens is 354 g/mol. The van der Waals surface area contributed by atoms with E-state index in [1.165, 1.54) is 7.11 Å². The minimum atomic E-state index is -0.462. The summed E-state index contributed by atoms with van der Waals surface area (Å²) < 4.78 is 4.81. The van der Waals surface area contributed by atoms with Crippen molar-refractivity contribution in [1.82, 2.24) is 0 Å². The number of hydrogen-bond donors (Lipinski definition) is 3. The smallest absolute Gasteiger partial charge is 0.340 e. The number of nitrogens with one attached hydrogen (secondary N) is 1. The van der Waals surface area contributed by atoms with E-state index < -0.39 is 11.9 Å². The number of methoxy groups -OCH3 is 1. The monoisotopic (exact) mass is 375 g/mol. The number of anilines is 2. The van der Waals surface area contributed by atoms with Crippen LogP contribution in [0.25, 0.3) is 11.1 Å². The van der Waals surface area contributed by atoms with Gasteiger partial charge in [-0.15, -0.1) is 0 Å². The molecule has 0 radical (unpaired) electrons. The van der Waals surface area contributed by atoms with Crippen LogP contribution in [-0.4, -0.2) is 19.0 Å². The van der Waals surface area contributed by atoms with Crippen molar-refractivity contribution in [3.8, 4) is 11.1 Å². The molecule has 0 saturated heterocycles. The number of hydrogen-bond acceptors (Lipinski definition) is 5. The zero-order valence-electron chi connectivity index (χ0n) is 15.4. The highest BCUT2D eigenvalue weighted by Gasteiger charge is 2.14. The molecule has 3 aromatic rings. The molecule has 0 saturated carbocycles. The summed E-state index contributed by atoms with van der Waals surface area (Å²) in [6, 6.07) is 20.0. The van der Waals surface area contributed by atoms with Crippen molar-refractivity contribution >= 4 is 23.3 Å². The van der Waals surface area contributed by atoms with Crippen LogP contribution in [0.1, 0.15) is 26.3 Å². The lowest BCUT2D eigenvalue weighted by atomic mass is 9.98. The third-order valence-corrected chi connectivity index (χ3v) is 4.43. The van der Waals surface area contributed by atoms with Crippen LogP contribution in [0.15, 0.2) is 66.7 Å². The van der Waals surface area contributed by atoms with E-state index in [0.717, 1.165) is 16.7 Å². The number of para-hydroxylation sites is 1. The van der Waals surface area contributed by atoms with Crippen LogP contribution in [0.5, 0.6) is 0 Å². The van der Waals surface area contributed by atoms with Gasteiger partial charge in [-0.25, -0.2) is 4.79 Å². The lowest BCUT2D eigenvalue weighted by molar-refractivity contribution is 0.0601. The first-order chi connectivity index (χ1) is 13.5. The number of carbonyl (C=O) groups excluding carboxylic acids is 2. The van der Waals surface area contributed by atoms with E-state index in [1.54, 1.807) is 30.3 Å². The van der Waals surface area contributed by atoms with Crippen LogP contribution in [0.2, 0.25) is 0 Å². The SMILES string of the molecule is COC(=O)c1cccc(N)c1NCc1ccc(-c2ccccc2C(N)=O)cc1. The zero-order valence-corrected chi connectivity index (χ0v) is 15.4. The Kier molecular flexibility index (Phi) is 5.60. The van der Waals surface area contributed by atoms with Crippen LogP contribution in [0, 0.1) is 0 Å². The number of nitrogen functional groups attached to an aromatic ring is 1. The van der Waals surface area contributed by atoms with Crippen molar-refractivity contribution in [2.24, 2.45) is 5.73 Å². The average molecular weight is 375 g/mol. The highest BCUT2D eigenvalue weighted by Crippen LogP contribution is 2.26. The predicted molar refractivity (Wildman–Crippen MR) is 110 cm³/mol. The number of esters is 1. The van der Waals surface area contributed by atoms with Crippen molar-refractivity contribution in [2.45, 2.75) is 6.54 Å². The lowest BCUT2D eigenvalue weighted by Gasteiger charge is -2.14. The third kappa shape index (κ3) is 3.96. The summed E-state index contributed by atoms with van der Waals surface area (Å²) in [7, 11) is 1.33. The zero-order chi connectivity index (χ0) is 20.1. The molecule has 0 aliphatic rings. The molecule has 0 spiro atoms. The Labute approximate surface area is 163 Å². The fraction of sp³-hybridized carbons (Fsp3) is 0.0909. The van der Waals surface area contributed by atoms with Crippen LogP contribution < -0.4 is 16.8 Å². The summed E-state index contributed by atoms with van der Waals surface area (Å²) in [5.41, 5.74) is 16.0. The number of amides is 1. The van der Waals surface area contributed by atoms with Gasteiger partial charge in [-0.05, 0) is 34.9 Å². The van der Waals surface area contributed by atoms with Gasteiger partial charge < -0.3 is 21.5 Å². The largest absolute Gasteiger partial charge is 0.465 e. The van der Waals surface area contributed by atoms with Gasteiger partial charge in [-0.1, -0.05) is 48.5 Å². The second-order valence-electron chi connectivity index (χ2n) is 6.22. The summed E-state index contributed by atoms with van der Waals surface area (Å²) >= 11 is 0. The first kappa shape index (κ1) is 19.0. The molecule has 0 fully saturated rings. The number of carbonyl (C=O) groups is 2. The normalized spacial score (nSPS) is 10.3. The van der Waals surface area contributed by atoms with Crippen LogP contribution >= 0.6 is 0 Å². The van der Waals surface area contributed by atoms with Crippen molar-refractivity contribution in [3.05, 3.63) is 83.4 Å². The molecule has 6 nitrogen and oxygen atoms in total. The molecule has 0 atom stereocenters. The molecule has 0 bridgehead atoms. The molecule has 3 rings (SSSR count). The summed E-state index contributed by atoms with van der Waals surface area (Å²) in [5.74, 6) is -0.913. The Bertz CT molecular complexity index is 1010. The summed E-state index contributed by atoms with van der Waals surface area (Å²) in [4.78, 5) is 23.6. The number of benzene rings is 3. The van der Waals surface area contributed by atoms with Gasteiger partial charge in [0.1, 0.15) is 0 Å². The topological polar surface area (TPSA) is 107 Å². The maximum absolute atomic E-state index is 11.9. The summed E-state index contributed by atoms with van der Waals surface area (Å²) in [6.45, 7) is 0.468. The van der Waals surface area contributed by atoms with E-state index in [1.807, 2.05) is 36.4 Å². The van der Waals surface area contributed by atoms with E-state index in [-0.39, 0.29) is 0 Å². The lowest BCUT2D eigenvalue weighted by Crippen LogP contribution is -2.12. The van der Waals surface area contributed by atoms with E-state index in [2.05, 4.69) is 5.32 Å². The maximum atomic E-state index is 11.9. The molecule has 142 valence electrons. The van der Waals surface area contributed by atoms with Crippen molar-refractivity contribution in [1.29, 1.82) is 0 Å². The Morgan fingerprint density at radius 1 is 0.929 bits per heavy atom. The molecule has 1 amide bonds. The van der Waals surface area contributed by atoms with Gasteiger partial charge in [0, 0.05) is 12.1 Å². The fourth-order valence-corrected chi connectivity index (χ4v) is 2.99. The molecule has 3 aromatic carbocycles. The molecule has 0 aliphatic carbocycles. The second kappa shape index (κ2) is 8.26. The molecular formula is C22H21N3O3. The van der Waals surface area contributed by atoms with Gasteiger partial charge in [-0.2, -0.15) is 0 Å². The second-order valence-corrected chi connectivity index (χ2v) is 6.22. The van der Waals surface area contributed by atoms with Gasteiger partial charge in [0.2, 0.25) is 5.91 Å². The van der Waals surface area contributed by atoms with Gasteiger partial charge in [-0.3, -0.25) is 4.79 Å². The third-order valence-electron chi connectivity index (χ3n) is 4.43. The summed E-state index contributed by atoms with van der Waals surface area (Å²) in [6.07, 6.45) is 0. The molecule has 0 heterocycles. The first-order valence-electron chi connectivity index (χ1n) is 8.70. The van der Waals surface area contributed by atoms with Crippen LogP contribution in [-0.2, 0) is 11.3 Å². The molecule has 28 heavy (non-hydrogen) atoms. The highest BCUT2D eigenvalue weighted by atomic mass is 16.5. The van der Waals surface area contributed by atoms with Crippen LogP contribution in [0.3, 0.4) is 0 Å². The Hall–Kier alpha value is -3.80. The number of rotatable bonds is 6. The predicted octanol–water partition coefficient (Wildman–Crippen LogP) is 3.43. The summed E-state index contributed by atoms with van der Waals surface area (Å²) in [5, 5.41) is 3.20. The molecule has 5 N–H and O–H groups in total. The minimum Gasteiger partial charge on any atom is -0.465 e. The number of ether oxygens (including phenoxy) is 1. The molecule has 6 heteroatoms. The van der Waals surface area contributed by atoms with Gasteiger partial charge >= 0.3 is 5.97 Å². The van der Waals surface area contributed by atoms with E-state index in [0.29, 0.717) is 29.0 Å². The number of nitrogens with two attached hydrogens (primary N) is 2. The Morgan fingerprint density at radius 3 is 2.29 bits per heavy atom. The van der Waals surface area contributed by atoms with Gasteiger partial charge in [0.15, 0.2) is 0 Å². The average Bonchev–Trinajstić information content (AvgIpc) is 2.72. The van der Waals surface area contributed by atoms with E-state index in [4.69, 9.17) is 16.2 Å². The minimum absolute atomic E-state index is 0.384. The van der Waals surface area contributed by atoms with Crippen LogP contribution in [0.4, 0.5) is 11.4 Å². The van der Waals surface area contributed by atoms with Crippen molar-refractivity contribution < 1.29 is 14.3 Å². The molecule has 0 unspecified atom stereocenters. The van der Waals surface area contributed by atoms with Crippen molar-refractivity contribution in [3.63, 3.8) is 0 Å². The highest BCUT2D eigenvalue weighted by molar-refractivity contribution is 6.00. The van der Waals surface area contributed by atoms with Crippen molar-refractivity contribution in [2.75, 3.05) is 18.2 Å². The van der Waals surface area contributed by atoms with Gasteiger partial charge in [0.25, 0.3) is 0 Å². The Morgan fingerprint density at radius 2 is 1.61 bits per heavy atom. The maximum Gasteiger partial charge on any atom is 0.340 e.